The fourth-order valence-electron chi connectivity index (χ4n) is 2.25. The number of para-hydroxylation sites is 2. The summed E-state index contributed by atoms with van der Waals surface area (Å²) in [5.41, 5.74) is 8.29. The molecule has 0 saturated carbocycles. The van der Waals surface area contributed by atoms with Crippen LogP contribution in [0.4, 0.5) is 11.4 Å². The van der Waals surface area contributed by atoms with Gasteiger partial charge in [-0.3, -0.25) is 10.2 Å². The normalized spacial score (nSPS) is 17.0. The van der Waals surface area contributed by atoms with Gasteiger partial charge in [0.25, 0.3) is 0 Å². The maximum Gasteiger partial charge on any atom is 0.244 e. The lowest BCUT2D eigenvalue weighted by molar-refractivity contribution is -0.114. The molecule has 0 radical (unpaired) electrons. The highest BCUT2D eigenvalue weighted by atomic mass is 32.2. The molecule has 0 aliphatic carbocycles. The average molecular weight is 310 g/mol. The Labute approximate surface area is 132 Å². The number of carbonyl (C=O) groups is 1. The largest absolute Gasteiger partial charge is 0.379 e. The molecule has 0 bridgehead atoms. The SMILES string of the molecule is N=C(N)SC1C(=O)Nc2ccccc2N=C1c1ccccc1. The molecule has 0 fully saturated rings. The molecule has 22 heavy (non-hydrogen) atoms. The van der Waals surface area contributed by atoms with Crippen molar-refractivity contribution in [2.24, 2.45) is 10.7 Å². The van der Waals surface area contributed by atoms with E-state index in [4.69, 9.17) is 11.1 Å². The van der Waals surface area contributed by atoms with Crippen LogP contribution in [0.3, 0.4) is 0 Å². The van der Waals surface area contributed by atoms with Crippen LogP contribution < -0.4 is 11.1 Å². The van der Waals surface area contributed by atoms with Crippen molar-refractivity contribution >= 4 is 39.9 Å². The minimum atomic E-state index is -0.660. The Morgan fingerprint density at radius 2 is 1.82 bits per heavy atom. The number of carbonyl (C=O) groups excluding carboxylic acids is 1. The molecule has 2 aromatic rings. The highest BCUT2D eigenvalue weighted by Gasteiger charge is 2.30. The zero-order valence-corrected chi connectivity index (χ0v) is 12.4. The first-order valence-electron chi connectivity index (χ1n) is 6.70. The van der Waals surface area contributed by atoms with Crippen molar-refractivity contribution in [3.05, 3.63) is 60.2 Å². The van der Waals surface area contributed by atoms with E-state index in [2.05, 4.69) is 10.3 Å². The second-order valence-electron chi connectivity index (χ2n) is 4.73. The minimum Gasteiger partial charge on any atom is -0.379 e. The zero-order chi connectivity index (χ0) is 15.5. The number of thioether (sulfide) groups is 1. The molecule has 5 nitrogen and oxygen atoms in total. The molecule has 1 heterocycles. The Hall–Kier alpha value is -2.60. The van der Waals surface area contributed by atoms with E-state index in [1.165, 1.54) is 0 Å². The molecule has 0 aromatic heterocycles. The van der Waals surface area contributed by atoms with Crippen LogP contribution >= 0.6 is 11.8 Å². The van der Waals surface area contributed by atoms with Crippen molar-refractivity contribution < 1.29 is 4.79 Å². The fraction of sp³-hybridized carbons (Fsp3) is 0.0625. The number of hydrogen-bond acceptors (Lipinski definition) is 4. The predicted molar refractivity (Wildman–Crippen MR) is 91.0 cm³/mol. The lowest BCUT2D eigenvalue weighted by Crippen LogP contribution is -2.34. The lowest BCUT2D eigenvalue weighted by atomic mass is 10.1. The van der Waals surface area contributed by atoms with Gasteiger partial charge in [0.05, 0.1) is 17.1 Å². The molecule has 3 rings (SSSR count). The summed E-state index contributed by atoms with van der Waals surface area (Å²) in [6, 6.07) is 16.8. The van der Waals surface area contributed by atoms with Crippen molar-refractivity contribution in [3.63, 3.8) is 0 Å². The van der Waals surface area contributed by atoms with Gasteiger partial charge in [-0.2, -0.15) is 0 Å². The van der Waals surface area contributed by atoms with Gasteiger partial charge in [-0.25, -0.2) is 4.99 Å². The third-order valence-electron chi connectivity index (χ3n) is 3.20. The molecule has 0 saturated heterocycles. The molecule has 1 amide bonds. The van der Waals surface area contributed by atoms with Crippen LogP contribution in [0.15, 0.2) is 59.6 Å². The van der Waals surface area contributed by atoms with Crippen LogP contribution in [0.2, 0.25) is 0 Å². The predicted octanol–water partition coefficient (Wildman–Crippen LogP) is 2.75. The highest BCUT2D eigenvalue weighted by Crippen LogP contribution is 2.31. The van der Waals surface area contributed by atoms with E-state index in [0.717, 1.165) is 17.3 Å². The molecule has 2 aromatic carbocycles. The van der Waals surface area contributed by atoms with Gasteiger partial charge < -0.3 is 11.1 Å². The number of aliphatic imine (C=N–C) groups is 1. The fourth-order valence-corrected chi connectivity index (χ4v) is 2.97. The standard InChI is InChI=1S/C16H14N4OS/c17-16(18)22-14-13(10-6-2-1-3-7-10)19-11-8-4-5-9-12(11)20-15(14)21/h1-9,14H,(H3,17,18)(H,20,21). The third kappa shape index (κ3) is 2.87. The minimum absolute atomic E-state index is 0.116. The quantitative estimate of drug-likeness (QED) is 0.588. The molecular weight excluding hydrogens is 296 g/mol. The Bertz CT molecular complexity index is 758. The van der Waals surface area contributed by atoms with Gasteiger partial charge in [-0.15, -0.1) is 0 Å². The molecule has 0 spiro atoms. The summed E-state index contributed by atoms with van der Waals surface area (Å²) in [7, 11) is 0. The van der Waals surface area contributed by atoms with E-state index in [-0.39, 0.29) is 11.1 Å². The van der Waals surface area contributed by atoms with Crippen LogP contribution in [0.1, 0.15) is 5.56 Å². The summed E-state index contributed by atoms with van der Waals surface area (Å²) in [5, 5.41) is 9.59. The number of hydrogen-bond donors (Lipinski definition) is 3. The zero-order valence-electron chi connectivity index (χ0n) is 11.6. The summed E-state index contributed by atoms with van der Waals surface area (Å²) in [5.74, 6) is -0.229. The van der Waals surface area contributed by atoms with E-state index in [1.54, 1.807) is 6.07 Å². The Morgan fingerprint density at radius 3 is 2.55 bits per heavy atom. The highest BCUT2D eigenvalue weighted by molar-refractivity contribution is 8.15. The van der Waals surface area contributed by atoms with Crippen molar-refractivity contribution in [1.82, 2.24) is 0 Å². The topological polar surface area (TPSA) is 91.3 Å². The van der Waals surface area contributed by atoms with Crippen LogP contribution in [0.5, 0.6) is 0 Å². The van der Waals surface area contributed by atoms with Crippen molar-refractivity contribution in [2.45, 2.75) is 5.25 Å². The number of rotatable bonds is 2. The Kier molecular flexibility index (Phi) is 3.93. The van der Waals surface area contributed by atoms with Gasteiger partial charge in [0.15, 0.2) is 5.17 Å². The summed E-state index contributed by atoms with van der Waals surface area (Å²) in [4.78, 5) is 17.2. The van der Waals surface area contributed by atoms with Crippen molar-refractivity contribution in [1.29, 1.82) is 5.41 Å². The third-order valence-corrected chi connectivity index (χ3v) is 4.13. The van der Waals surface area contributed by atoms with Crippen LogP contribution in [0, 0.1) is 5.41 Å². The Balaban J connectivity index is 2.15. The second kappa shape index (κ2) is 6.03. The van der Waals surface area contributed by atoms with Gasteiger partial charge in [0.1, 0.15) is 5.25 Å². The first-order valence-corrected chi connectivity index (χ1v) is 7.57. The number of amidine groups is 1. The van der Waals surface area contributed by atoms with Crippen LogP contribution in [-0.2, 0) is 4.79 Å². The van der Waals surface area contributed by atoms with Gasteiger partial charge in [0, 0.05) is 0 Å². The van der Waals surface area contributed by atoms with Crippen molar-refractivity contribution in [3.8, 4) is 0 Å². The summed E-state index contributed by atoms with van der Waals surface area (Å²) in [6.07, 6.45) is 0. The van der Waals surface area contributed by atoms with Gasteiger partial charge in [0.2, 0.25) is 5.91 Å². The van der Waals surface area contributed by atoms with Gasteiger partial charge in [-0.1, -0.05) is 54.2 Å². The van der Waals surface area contributed by atoms with E-state index < -0.39 is 5.25 Å². The first-order chi connectivity index (χ1) is 10.6. The molecule has 4 N–H and O–H groups in total. The van der Waals surface area contributed by atoms with Crippen LogP contribution in [-0.4, -0.2) is 22.0 Å². The molecule has 1 aliphatic heterocycles. The number of fused-ring (bicyclic) bond motifs is 1. The number of amides is 1. The molecule has 1 unspecified atom stereocenters. The van der Waals surface area contributed by atoms with E-state index in [1.807, 2.05) is 48.5 Å². The molecular formula is C16H14N4OS. The molecule has 1 aliphatic rings. The Morgan fingerprint density at radius 1 is 1.14 bits per heavy atom. The van der Waals surface area contributed by atoms with E-state index >= 15 is 0 Å². The number of nitrogens with two attached hydrogens (primary N) is 1. The average Bonchev–Trinajstić information content (AvgIpc) is 2.65. The van der Waals surface area contributed by atoms with Gasteiger partial charge in [-0.05, 0) is 17.7 Å². The number of benzene rings is 2. The molecule has 110 valence electrons. The van der Waals surface area contributed by atoms with Crippen LogP contribution in [0.25, 0.3) is 0 Å². The van der Waals surface area contributed by atoms with E-state index in [0.29, 0.717) is 17.1 Å². The van der Waals surface area contributed by atoms with Crippen molar-refractivity contribution in [2.75, 3.05) is 5.32 Å². The number of nitrogens with zero attached hydrogens (tertiary/aromatic N) is 1. The molecule has 1 atom stereocenters. The summed E-state index contributed by atoms with van der Waals surface area (Å²) >= 11 is 0.989. The van der Waals surface area contributed by atoms with Gasteiger partial charge >= 0.3 is 0 Å². The first kappa shape index (κ1) is 14.3. The smallest absolute Gasteiger partial charge is 0.244 e. The maximum atomic E-state index is 12.5. The van der Waals surface area contributed by atoms with E-state index in [9.17, 15) is 4.79 Å². The number of anilines is 1. The summed E-state index contributed by atoms with van der Waals surface area (Å²) < 4.78 is 0. The monoisotopic (exact) mass is 310 g/mol. The maximum absolute atomic E-state index is 12.5. The molecule has 6 heteroatoms. The number of nitrogens with one attached hydrogen (secondary N) is 2. The summed E-state index contributed by atoms with van der Waals surface area (Å²) in [6.45, 7) is 0. The second-order valence-corrected chi connectivity index (χ2v) is 5.88. The lowest BCUT2D eigenvalue weighted by Gasteiger charge is -2.15.